The van der Waals surface area contributed by atoms with Gasteiger partial charge in [-0.2, -0.15) is 0 Å². The van der Waals surface area contributed by atoms with E-state index in [1.807, 2.05) is 74.3 Å². The second-order valence-electron chi connectivity index (χ2n) is 17.9. The van der Waals surface area contributed by atoms with E-state index in [2.05, 4.69) is 9.88 Å². The first-order chi connectivity index (χ1) is 26.6. The van der Waals surface area contributed by atoms with Crippen molar-refractivity contribution in [3.05, 3.63) is 76.1 Å². The number of primary amides is 1. The topological polar surface area (TPSA) is 185 Å². The zero-order valence-electron chi connectivity index (χ0n) is 33.0. The number of nitrogens with one attached hydrogen (secondary N) is 1. The van der Waals surface area contributed by atoms with Gasteiger partial charge in [0.05, 0.1) is 33.4 Å². The number of anilines is 1. The summed E-state index contributed by atoms with van der Waals surface area (Å²) in [4.78, 5) is 36.8. The number of esters is 1. The number of benzene rings is 2. The minimum absolute atomic E-state index is 0.0848. The van der Waals surface area contributed by atoms with Crippen LogP contribution in [0.3, 0.4) is 0 Å². The quantitative estimate of drug-likeness (QED) is 0.108. The minimum Gasteiger partial charge on any atom is -0.633 e. The largest absolute Gasteiger partial charge is 0.633 e. The molecular weight excluding hydrogens is 714 g/mol. The number of carbonyl (C=O) groups excluding carboxylic acids is 2. The second kappa shape index (κ2) is 12.3. The molecule has 3 aromatic rings. The summed E-state index contributed by atoms with van der Waals surface area (Å²) in [5, 5.41) is 52.6. The number of aliphatic hydroxyl groups excluding tert-OH is 1. The number of methoxy groups -OCH3 is 2. The summed E-state index contributed by atoms with van der Waals surface area (Å²) in [6, 6.07) is 10.5. The number of aromatic amines is 1. The van der Waals surface area contributed by atoms with Gasteiger partial charge in [0, 0.05) is 76.7 Å². The molecule has 13 heteroatoms. The van der Waals surface area contributed by atoms with E-state index in [0.717, 1.165) is 22.0 Å². The van der Waals surface area contributed by atoms with E-state index in [9.17, 15) is 25.3 Å². The SMILES string of the molecule is CC[C@]1(O)C[C@H]2C[C@](C(=O)OC)(c3cc4c(cc3OC)N(C)[C@H]3[C@@](O)(C(N)=O)[C@H](O)[C@]5(CC)C=CCN6CC[C@]43[C@@H]65)c3[nH]c4ccccc4c3CC[N+]([O-])(C2)C1. The van der Waals surface area contributed by atoms with Gasteiger partial charge < -0.3 is 50.3 Å². The smallest absolute Gasteiger partial charge is 0.322 e. The molecule has 13 nitrogen and oxygen atoms in total. The number of hydrogen-bond donors (Lipinski definition) is 5. The number of amides is 1. The van der Waals surface area contributed by atoms with Crippen molar-refractivity contribution in [1.29, 1.82) is 0 Å². The van der Waals surface area contributed by atoms with E-state index >= 15 is 4.79 Å². The molecule has 9 rings (SSSR count). The van der Waals surface area contributed by atoms with Crippen molar-refractivity contribution in [2.75, 3.05) is 58.9 Å². The Morgan fingerprint density at radius 1 is 1.09 bits per heavy atom. The van der Waals surface area contributed by atoms with E-state index in [0.29, 0.717) is 67.9 Å². The molecule has 6 heterocycles. The summed E-state index contributed by atoms with van der Waals surface area (Å²) in [6.45, 7) is 5.73. The van der Waals surface area contributed by atoms with Crippen LogP contribution in [-0.2, 0) is 31.6 Å². The van der Waals surface area contributed by atoms with Crippen LogP contribution in [0.1, 0.15) is 68.3 Å². The summed E-state index contributed by atoms with van der Waals surface area (Å²) in [5.41, 5.74) is 3.54. The number of H-pyrrole nitrogens is 1. The number of carbonyl (C=O) groups is 2. The van der Waals surface area contributed by atoms with E-state index < -0.39 is 56.1 Å². The summed E-state index contributed by atoms with van der Waals surface area (Å²) >= 11 is 0. The van der Waals surface area contributed by atoms with Crippen LogP contribution in [0.4, 0.5) is 5.69 Å². The molecule has 300 valence electrons. The predicted octanol–water partition coefficient (Wildman–Crippen LogP) is 2.75. The Morgan fingerprint density at radius 3 is 2.55 bits per heavy atom. The molecule has 5 aliphatic heterocycles. The third-order valence-electron chi connectivity index (χ3n) is 15.5. The zero-order valence-corrected chi connectivity index (χ0v) is 33.0. The van der Waals surface area contributed by atoms with Gasteiger partial charge in [0.1, 0.15) is 29.4 Å². The highest BCUT2D eigenvalue weighted by Crippen LogP contribution is 2.67. The van der Waals surface area contributed by atoms with Crippen LogP contribution in [0.5, 0.6) is 5.75 Å². The number of ether oxygens (including phenoxy) is 2. The molecule has 1 spiro atoms. The van der Waals surface area contributed by atoms with Crippen LogP contribution in [0, 0.1) is 16.5 Å². The van der Waals surface area contributed by atoms with Gasteiger partial charge in [0.15, 0.2) is 5.60 Å². The molecule has 10 atom stereocenters. The molecule has 1 saturated carbocycles. The van der Waals surface area contributed by atoms with Gasteiger partial charge in [-0.3, -0.25) is 14.5 Å². The van der Waals surface area contributed by atoms with Gasteiger partial charge in [0.25, 0.3) is 5.91 Å². The Labute approximate surface area is 327 Å². The minimum atomic E-state index is -2.34. The number of nitrogens with two attached hydrogens (primary N) is 1. The van der Waals surface area contributed by atoms with Crippen LogP contribution in [0.25, 0.3) is 10.9 Å². The number of aliphatic hydroxyl groups is 3. The molecule has 6 aliphatic rings. The number of hydroxylamine groups is 3. The number of piperidine rings is 1. The van der Waals surface area contributed by atoms with Crippen LogP contribution in [0.15, 0.2) is 48.6 Å². The van der Waals surface area contributed by atoms with Crippen molar-refractivity contribution in [2.24, 2.45) is 17.1 Å². The molecule has 1 aliphatic carbocycles. The molecular formula is C43H55N5O8. The molecule has 0 radical (unpaired) electrons. The lowest BCUT2D eigenvalue weighted by atomic mass is 9.47. The normalized spacial score (nSPS) is 39.8. The maximum absolute atomic E-state index is 15.2. The number of likely N-dealkylation sites (N-methyl/N-ethyl adjacent to an activating group) is 1. The van der Waals surface area contributed by atoms with Crippen molar-refractivity contribution < 1.29 is 39.0 Å². The van der Waals surface area contributed by atoms with E-state index in [-0.39, 0.29) is 38.0 Å². The van der Waals surface area contributed by atoms with Crippen LogP contribution < -0.4 is 15.4 Å². The Bertz CT molecular complexity index is 2170. The zero-order chi connectivity index (χ0) is 39.8. The summed E-state index contributed by atoms with van der Waals surface area (Å²) in [5.74, 6) is -1.50. The third kappa shape index (κ3) is 4.52. The van der Waals surface area contributed by atoms with Crippen LogP contribution in [-0.4, -0.2) is 125 Å². The lowest BCUT2D eigenvalue weighted by molar-refractivity contribution is -0.896. The first kappa shape index (κ1) is 37.6. The maximum atomic E-state index is 15.2. The van der Waals surface area contributed by atoms with E-state index in [1.54, 1.807) is 7.11 Å². The van der Waals surface area contributed by atoms with E-state index in [4.69, 9.17) is 15.2 Å². The standard InChI is InChI=1S/C43H55N5O8/c1-6-39(52)21-25-22-42(38(51)56-5,33-27(13-18-48(54,23-25)24-39)26-11-8-9-12-30(26)45-33)29-19-28-31(20-32(29)55-4)46(3)35-41(28)15-17-47-16-10-14-40(7-2,34(41)47)36(49)43(35,53)37(44)50/h8-12,14,19-20,25,34-36,45,49,52-53H,6-7,13,15-18,21-24H2,1-5H3,(H2,44,50)/t25-,34-,35+,36+,39-,40+,41+,42-,43-,48?/m0/s1. The number of rotatable bonds is 6. The average Bonchev–Trinajstić information content (AvgIpc) is 3.84. The number of aromatic nitrogens is 1. The summed E-state index contributed by atoms with van der Waals surface area (Å²) in [7, 11) is 4.76. The Kier molecular flexibility index (Phi) is 8.23. The molecule has 6 N–H and O–H groups in total. The number of hydrogen-bond acceptors (Lipinski definition) is 10. The lowest BCUT2D eigenvalue weighted by Crippen LogP contribution is -2.81. The number of para-hydroxylation sites is 1. The van der Waals surface area contributed by atoms with Gasteiger partial charge in [-0.25, -0.2) is 0 Å². The summed E-state index contributed by atoms with van der Waals surface area (Å²) in [6.07, 6.45) is 4.78. The molecule has 1 aromatic heterocycles. The first-order valence-corrected chi connectivity index (χ1v) is 20.2. The lowest BCUT2D eigenvalue weighted by Gasteiger charge is -2.63. The molecule has 3 fully saturated rings. The monoisotopic (exact) mass is 769 g/mol. The summed E-state index contributed by atoms with van der Waals surface area (Å²) < 4.78 is 11.6. The van der Waals surface area contributed by atoms with Gasteiger partial charge in [-0.1, -0.05) is 44.2 Å². The van der Waals surface area contributed by atoms with Crippen molar-refractivity contribution in [3.63, 3.8) is 0 Å². The van der Waals surface area contributed by atoms with Gasteiger partial charge in [-0.05, 0) is 61.9 Å². The first-order valence-electron chi connectivity index (χ1n) is 20.2. The highest BCUT2D eigenvalue weighted by Gasteiger charge is 2.78. The fourth-order valence-corrected chi connectivity index (χ4v) is 13.3. The maximum Gasteiger partial charge on any atom is 0.322 e. The molecule has 1 unspecified atom stereocenters. The number of nitrogens with zero attached hydrogens (tertiary/aromatic N) is 3. The van der Waals surface area contributed by atoms with Crippen molar-refractivity contribution in [1.82, 2.24) is 9.88 Å². The Hall–Kier alpha value is -3.98. The highest BCUT2D eigenvalue weighted by atomic mass is 16.5. The number of fused-ring (bicyclic) bond motifs is 6. The molecule has 2 saturated heterocycles. The molecule has 2 aromatic carbocycles. The van der Waals surface area contributed by atoms with Crippen LogP contribution in [0.2, 0.25) is 0 Å². The highest BCUT2D eigenvalue weighted by molar-refractivity contribution is 5.95. The molecule has 2 bridgehead atoms. The Balaban J connectivity index is 1.37. The van der Waals surface area contributed by atoms with Gasteiger partial charge in [0.2, 0.25) is 0 Å². The van der Waals surface area contributed by atoms with E-state index in [1.165, 1.54) is 7.11 Å². The fourth-order valence-electron chi connectivity index (χ4n) is 13.3. The van der Waals surface area contributed by atoms with Gasteiger partial charge >= 0.3 is 5.97 Å². The van der Waals surface area contributed by atoms with Crippen molar-refractivity contribution >= 4 is 28.5 Å². The second-order valence-corrected chi connectivity index (χ2v) is 17.9. The molecule has 56 heavy (non-hydrogen) atoms. The average molecular weight is 770 g/mol. The van der Waals surface area contributed by atoms with Crippen molar-refractivity contribution in [2.45, 2.75) is 92.6 Å². The number of quaternary nitrogens is 1. The predicted molar refractivity (Wildman–Crippen MR) is 210 cm³/mol. The molecule has 1 amide bonds. The van der Waals surface area contributed by atoms with Gasteiger partial charge in [-0.15, -0.1) is 0 Å². The fraction of sp³-hybridized carbons (Fsp3) is 0.581. The Morgan fingerprint density at radius 2 is 1.86 bits per heavy atom. The van der Waals surface area contributed by atoms with Crippen LogP contribution >= 0.6 is 0 Å². The third-order valence-corrected chi connectivity index (χ3v) is 15.5. The van der Waals surface area contributed by atoms with Crippen molar-refractivity contribution in [3.8, 4) is 5.75 Å².